The molecule has 2 aromatic rings. The second kappa shape index (κ2) is 9.29. The van der Waals surface area contributed by atoms with Crippen molar-refractivity contribution in [3.8, 4) is 5.75 Å². The lowest BCUT2D eigenvalue weighted by atomic mass is 10.3. The lowest BCUT2D eigenvalue weighted by molar-refractivity contribution is -0.151. The molecule has 2 rings (SSSR count). The zero-order chi connectivity index (χ0) is 20.7. The summed E-state index contributed by atoms with van der Waals surface area (Å²) in [5.41, 5.74) is 0.467. The predicted octanol–water partition coefficient (Wildman–Crippen LogP) is 1.68. The minimum Gasteiger partial charge on any atom is -0.497 e. The normalized spacial score (nSPS) is 12.1. The van der Waals surface area contributed by atoms with Gasteiger partial charge in [0.15, 0.2) is 6.10 Å². The Labute approximate surface area is 161 Å². The van der Waals surface area contributed by atoms with Crippen molar-refractivity contribution in [3.63, 3.8) is 0 Å². The lowest BCUT2D eigenvalue weighted by Gasteiger charge is -2.14. The molecule has 0 saturated heterocycles. The average Bonchev–Trinajstić information content (AvgIpc) is 2.67. The highest BCUT2D eigenvalue weighted by Gasteiger charge is 2.22. The van der Waals surface area contributed by atoms with E-state index in [1.807, 2.05) is 4.72 Å². The molecular formula is C18H19FN2O6S. The number of benzene rings is 2. The van der Waals surface area contributed by atoms with E-state index in [4.69, 9.17) is 9.47 Å². The van der Waals surface area contributed by atoms with Crippen LogP contribution < -0.4 is 14.8 Å². The largest absolute Gasteiger partial charge is 0.497 e. The Bertz CT molecular complexity index is 947. The molecule has 0 saturated carbocycles. The number of hydrogen-bond acceptors (Lipinski definition) is 6. The molecule has 0 radical (unpaired) electrons. The van der Waals surface area contributed by atoms with Crippen LogP contribution in [-0.2, 0) is 24.3 Å². The third-order valence-corrected chi connectivity index (χ3v) is 5.00. The van der Waals surface area contributed by atoms with Crippen LogP contribution >= 0.6 is 0 Å². The van der Waals surface area contributed by atoms with E-state index in [1.54, 1.807) is 24.3 Å². The number of halogens is 1. The fraction of sp³-hybridized carbons (Fsp3) is 0.222. The van der Waals surface area contributed by atoms with Gasteiger partial charge in [0.1, 0.15) is 23.0 Å². The number of rotatable bonds is 8. The van der Waals surface area contributed by atoms with E-state index in [-0.39, 0.29) is 0 Å². The van der Waals surface area contributed by atoms with Crippen LogP contribution in [0.25, 0.3) is 0 Å². The molecule has 10 heteroatoms. The van der Waals surface area contributed by atoms with Crippen molar-refractivity contribution in [1.82, 2.24) is 4.72 Å². The van der Waals surface area contributed by atoms with Gasteiger partial charge in [0.25, 0.3) is 5.91 Å². The third-order valence-electron chi connectivity index (χ3n) is 3.57. The minimum absolute atomic E-state index is 0.467. The Morgan fingerprint density at radius 2 is 1.75 bits per heavy atom. The minimum atomic E-state index is -4.24. The third kappa shape index (κ3) is 5.76. The second-order valence-corrected chi connectivity index (χ2v) is 7.34. The standard InChI is InChI=1S/C18H19FN2O6S/c1-12(18(23)21-13-7-9-14(26-2)10-8-13)27-17(22)11-20-28(24,25)16-6-4-3-5-15(16)19/h3-10,12,20H,11H2,1-2H3,(H,21,23)/t12-/m0/s1. The first-order valence-electron chi connectivity index (χ1n) is 8.11. The average molecular weight is 410 g/mol. The summed E-state index contributed by atoms with van der Waals surface area (Å²) >= 11 is 0. The van der Waals surface area contributed by atoms with Crippen LogP contribution in [0.15, 0.2) is 53.4 Å². The van der Waals surface area contributed by atoms with Gasteiger partial charge in [-0.25, -0.2) is 12.8 Å². The molecule has 2 N–H and O–H groups in total. The van der Waals surface area contributed by atoms with Gasteiger partial charge in [0.2, 0.25) is 10.0 Å². The SMILES string of the molecule is COc1ccc(NC(=O)[C@H](C)OC(=O)CNS(=O)(=O)c2ccccc2F)cc1. The first kappa shape index (κ1) is 21.3. The number of carbonyl (C=O) groups is 2. The Balaban J connectivity index is 1.87. The quantitative estimate of drug-likeness (QED) is 0.641. The van der Waals surface area contributed by atoms with Crippen LogP contribution in [0.1, 0.15) is 6.92 Å². The van der Waals surface area contributed by atoms with Gasteiger partial charge in [0, 0.05) is 5.69 Å². The molecule has 0 spiro atoms. The number of ether oxygens (including phenoxy) is 2. The summed E-state index contributed by atoms with van der Waals surface area (Å²) in [4.78, 5) is 23.3. The number of amides is 1. The number of sulfonamides is 1. The first-order valence-corrected chi connectivity index (χ1v) is 9.60. The van der Waals surface area contributed by atoms with Gasteiger partial charge in [-0.2, -0.15) is 4.72 Å². The maximum Gasteiger partial charge on any atom is 0.321 e. The van der Waals surface area contributed by atoms with Crippen molar-refractivity contribution in [3.05, 3.63) is 54.3 Å². The van der Waals surface area contributed by atoms with Crippen LogP contribution in [0.5, 0.6) is 5.75 Å². The van der Waals surface area contributed by atoms with Gasteiger partial charge in [-0.1, -0.05) is 12.1 Å². The van der Waals surface area contributed by atoms with Crippen LogP contribution in [-0.4, -0.2) is 40.1 Å². The fourth-order valence-corrected chi connectivity index (χ4v) is 3.15. The number of carbonyl (C=O) groups excluding carboxylic acids is 2. The summed E-state index contributed by atoms with van der Waals surface area (Å²) in [7, 11) is -2.73. The van der Waals surface area contributed by atoms with Gasteiger partial charge < -0.3 is 14.8 Å². The number of anilines is 1. The molecule has 0 heterocycles. The molecule has 2 aromatic carbocycles. The molecule has 0 fully saturated rings. The Morgan fingerprint density at radius 3 is 2.36 bits per heavy atom. The van der Waals surface area contributed by atoms with Gasteiger partial charge in [-0.3, -0.25) is 9.59 Å². The van der Waals surface area contributed by atoms with Crippen LogP contribution in [0.2, 0.25) is 0 Å². The Morgan fingerprint density at radius 1 is 1.11 bits per heavy atom. The van der Waals surface area contributed by atoms with Gasteiger partial charge >= 0.3 is 5.97 Å². The van der Waals surface area contributed by atoms with Gasteiger partial charge in [-0.05, 0) is 43.3 Å². The van der Waals surface area contributed by atoms with Crippen molar-refractivity contribution in [2.24, 2.45) is 0 Å². The van der Waals surface area contributed by atoms with E-state index in [0.717, 1.165) is 12.1 Å². The molecule has 8 nitrogen and oxygen atoms in total. The summed E-state index contributed by atoms with van der Waals surface area (Å²) in [6, 6.07) is 11.2. The van der Waals surface area contributed by atoms with Crippen molar-refractivity contribution < 1.29 is 31.9 Å². The second-order valence-electron chi connectivity index (χ2n) is 5.60. The van der Waals surface area contributed by atoms with E-state index in [0.29, 0.717) is 11.4 Å². The monoisotopic (exact) mass is 410 g/mol. The smallest absolute Gasteiger partial charge is 0.321 e. The molecule has 1 amide bonds. The Kier molecular flexibility index (Phi) is 7.07. The maximum atomic E-state index is 13.6. The van der Waals surface area contributed by atoms with E-state index in [9.17, 15) is 22.4 Å². The van der Waals surface area contributed by atoms with Gasteiger partial charge in [-0.15, -0.1) is 0 Å². The zero-order valence-electron chi connectivity index (χ0n) is 15.1. The number of nitrogens with one attached hydrogen (secondary N) is 2. The molecule has 28 heavy (non-hydrogen) atoms. The van der Waals surface area contributed by atoms with Crippen LogP contribution in [0.3, 0.4) is 0 Å². The summed E-state index contributed by atoms with van der Waals surface area (Å²) in [6.45, 7) is 0.582. The number of esters is 1. The predicted molar refractivity (Wildman–Crippen MR) is 98.8 cm³/mol. The fourth-order valence-electron chi connectivity index (χ4n) is 2.10. The molecule has 0 bridgehead atoms. The highest BCUT2D eigenvalue weighted by molar-refractivity contribution is 7.89. The van der Waals surface area contributed by atoms with E-state index < -0.39 is 45.3 Å². The molecule has 150 valence electrons. The molecule has 1 atom stereocenters. The van der Waals surface area contributed by atoms with Crippen molar-refractivity contribution >= 4 is 27.6 Å². The summed E-state index contributed by atoms with van der Waals surface area (Å²) in [6.07, 6.45) is -1.17. The van der Waals surface area contributed by atoms with Crippen LogP contribution in [0, 0.1) is 5.82 Å². The van der Waals surface area contributed by atoms with Crippen molar-refractivity contribution in [1.29, 1.82) is 0 Å². The molecule has 0 unspecified atom stereocenters. The lowest BCUT2D eigenvalue weighted by Crippen LogP contribution is -2.36. The Hall–Kier alpha value is -2.98. The molecular weight excluding hydrogens is 391 g/mol. The topological polar surface area (TPSA) is 111 Å². The summed E-state index contributed by atoms with van der Waals surface area (Å²) in [5.74, 6) is -1.93. The molecule has 0 aromatic heterocycles. The maximum absolute atomic E-state index is 13.6. The summed E-state index contributed by atoms with van der Waals surface area (Å²) < 4.78 is 49.5. The molecule has 0 aliphatic heterocycles. The van der Waals surface area contributed by atoms with Gasteiger partial charge in [0.05, 0.1) is 7.11 Å². The van der Waals surface area contributed by atoms with E-state index >= 15 is 0 Å². The van der Waals surface area contributed by atoms with Crippen molar-refractivity contribution in [2.45, 2.75) is 17.9 Å². The number of hydrogen-bond donors (Lipinski definition) is 2. The summed E-state index contributed by atoms with van der Waals surface area (Å²) in [5, 5.41) is 2.54. The zero-order valence-corrected chi connectivity index (χ0v) is 16.0. The van der Waals surface area contributed by atoms with E-state index in [1.165, 1.54) is 26.2 Å². The molecule has 0 aliphatic rings. The highest BCUT2D eigenvalue weighted by Crippen LogP contribution is 2.15. The first-order chi connectivity index (χ1) is 13.2. The number of methoxy groups -OCH3 is 1. The molecule has 0 aliphatic carbocycles. The van der Waals surface area contributed by atoms with E-state index in [2.05, 4.69) is 5.32 Å². The van der Waals surface area contributed by atoms with Crippen molar-refractivity contribution in [2.75, 3.05) is 19.0 Å². The van der Waals surface area contributed by atoms with Crippen LogP contribution in [0.4, 0.5) is 10.1 Å². The highest BCUT2D eigenvalue weighted by atomic mass is 32.2.